The van der Waals surface area contributed by atoms with E-state index in [4.69, 9.17) is 4.42 Å². The quantitative estimate of drug-likeness (QED) is 0.827. The van der Waals surface area contributed by atoms with Crippen molar-refractivity contribution < 1.29 is 17.6 Å². The van der Waals surface area contributed by atoms with Gasteiger partial charge < -0.3 is 9.73 Å². The summed E-state index contributed by atoms with van der Waals surface area (Å²) in [5, 5.41) is 2.85. The van der Waals surface area contributed by atoms with Crippen LogP contribution in [0.1, 0.15) is 53.2 Å². The SMILES string of the molecule is Cc1ccc(C(C)NC(=O)c2cc(S(=O)(=O)NC3CC3)ccc2C)o1. The van der Waals surface area contributed by atoms with Crippen molar-refractivity contribution in [3.8, 4) is 0 Å². The summed E-state index contributed by atoms with van der Waals surface area (Å²) in [4.78, 5) is 12.7. The molecule has 2 N–H and O–H groups in total. The van der Waals surface area contributed by atoms with Crippen LogP contribution in [0.4, 0.5) is 0 Å². The Bertz CT molecular complexity index is 898. The monoisotopic (exact) mass is 362 g/mol. The topological polar surface area (TPSA) is 88.4 Å². The van der Waals surface area contributed by atoms with Crippen LogP contribution < -0.4 is 10.0 Å². The van der Waals surface area contributed by atoms with Gasteiger partial charge in [0.1, 0.15) is 11.5 Å². The summed E-state index contributed by atoms with van der Waals surface area (Å²) in [6.45, 7) is 5.44. The maximum atomic E-state index is 12.6. The summed E-state index contributed by atoms with van der Waals surface area (Å²) in [5.74, 6) is 1.09. The van der Waals surface area contributed by atoms with Crippen molar-refractivity contribution >= 4 is 15.9 Å². The molecule has 1 fully saturated rings. The summed E-state index contributed by atoms with van der Waals surface area (Å²) < 4.78 is 32.9. The van der Waals surface area contributed by atoms with Gasteiger partial charge in [0.25, 0.3) is 5.91 Å². The van der Waals surface area contributed by atoms with E-state index in [0.717, 1.165) is 18.6 Å². The van der Waals surface area contributed by atoms with Gasteiger partial charge >= 0.3 is 0 Å². The molecule has 1 aliphatic carbocycles. The fourth-order valence-electron chi connectivity index (χ4n) is 2.53. The number of sulfonamides is 1. The molecule has 6 nitrogen and oxygen atoms in total. The van der Waals surface area contributed by atoms with Gasteiger partial charge in [0.15, 0.2) is 0 Å². The van der Waals surface area contributed by atoms with Crippen molar-refractivity contribution in [2.45, 2.75) is 50.6 Å². The van der Waals surface area contributed by atoms with Crippen LogP contribution in [0.15, 0.2) is 39.6 Å². The van der Waals surface area contributed by atoms with Gasteiger partial charge in [-0.05, 0) is 63.4 Å². The molecule has 25 heavy (non-hydrogen) atoms. The number of nitrogens with one attached hydrogen (secondary N) is 2. The third-order valence-corrected chi connectivity index (χ3v) is 5.72. The van der Waals surface area contributed by atoms with Crippen LogP contribution in [-0.2, 0) is 10.0 Å². The first-order valence-electron chi connectivity index (χ1n) is 8.26. The molecule has 0 radical (unpaired) electrons. The fraction of sp³-hybridized carbons (Fsp3) is 0.389. The second-order valence-electron chi connectivity index (χ2n) is 6.52. The smallest absolute Gasteiger partial charge is 0.252 e. The lowest BCUT2D eigenvalue weighted by Gasteiger charge is -2.14. The third-order valence-electron chi connectivity index (χ3n) is 4.20. The summed E-state index contributed by atoms with van der Waals surface area (Å²) >= 11 is 0. The molecule has 1 heterocycles. The Kier molecular flexibility index (Phi) is 4.71. The molecule has 1 atom stereocenters. The molecule has 134 valence electrons. The van der Waals surface area contributed by atoms with Gasteiger partial charge in [-0.1, -0.05) is 6.07 Å². The van der Waals surface area contributed by atoms with E-state index in [2.05, 4.69) is 10.0 Å². The minimum Gasteiger partial charge on any atom is -0.464 e. The van der Waals surface area contributed by atoms with E-state index in [9.17, 15) is 13.2 Å². The molecule has 0 bridgehead atoms. The zero-order chi connectivity index (χ0) is 18.2. The minimum atomic E-state index is -3.60. The molecule has 1 aromatic carbocycles. The first-order valence-corrected chi connectivity index (χ1v) is 9.75. The molecule has 3 rings (SSSR count). The number of carbonyl (C=O) groups is 1. The maximum Gasteiger partial charge on any atom is 0.252 e. The predicted octanol–water partition coefficient (Wildman–Crippen LogP) is 2.83. The third kappa shape index (κ3) is 4.11. The molecule has 1 saturated carbocycles. The Labute approximate surface area is 147 Å². The number of rotatable bonds is 6. The first kappa shape index (κ1) is 17.7. The van der Waals surface area contributed by atoms with Crippen LogP contribution in [0.5, 0.6) is 0 Å². The fourth-order valence-corrected chi connectivity index (χ4v) is 3.86. The molecule has 7 heteroatoms. The highest BCUT2D eigenvalue weighted by molar-refractivity contribution is 7.89. The molecular weight excluding hydrogens is 340 g/mol. The summed E-state index contributed by atoms with van der Waals surface area (Å²) in [6.07, 6.45) is 1.72. The highest BCUT2D eigenvalue weighted by Crippen LogP contribution is 2.24. The van der Waals surface area contributed by atoms with Crippen LogP contribution >= 0.6 is 0 Å². The van der Waals surface area contributed by atoms with Gasteiger partial charge in [0.2, 0.25) is 10.0 Å². The van der Waals surface area contributed by atoms with Crippen molar-refractivity contribution in [3.05, 3.63) is 53.0 Å². The second kappa shape index (κ2) is 6.65. The van der Waals surface area contributed by atoms with Gasteiger partial charge in [0.05, 0.1) is 10.9 Å². The molecular formula is C18H22N2O4S. The Hall–Kier alpha value is -2.12. The van der Waals surface area contributed by atoms with Gasteiger partial charge in [-0.2, -0.15) is 0 Å². The number of aryl methyl sites for hydroxylation is 2. The summed E-state index contributed by atoms with van der Waals surface area (Å²) in [6, 6.07) is 7.95. The standard InChI is InChI=1S/C18H22N2O4S/c1-11-4-8-15(25(22,23)20-14-6-7-14)10-16(11)18(21)19-13(3)17-9-5-12(2)24-17/h4-5,8-10,13-14,20H,6-7H2,1-3H3,(H,19,21). The Morgan fingerprint density at radius 2 is 1.92 bits per heavy atom. The molecule has 1 aliphatic rings. The highest BCUT2D eigenvalue weighted by atomic mass is 32.2. The zero-order valence-corrected chi connectivity index (χ0v) is 15.3. The average molecular weight is 362 g/mol. The molecule has 0 saturated heterocycles. The Morgan fingerprint density at radius 1 is 1.20 bits per heavy atom. The Balaban J connectivity index is 1.80. The number of hydrogen-bond acceptors (Lipinski definition) is 4. The van der Waals surface area contributed by atoms with Crippen molar-refractivity contribution in [1.29, 1.82) is 0 Å². The minimum absolute atomic E-state index is 0.0193. The van der Waals surface area contributed by atoms with E-state index in [1.54, 1.807) is 13.0 Å². The number of hydrogen-bond donors (Lipinski definition) is 2. The van der Waals surface area contributed by atoms with Crippen LogP contribution in [-0.4, -0.2) is 20.4 Å². The van der Waals surface area contributed by atoms with E-state index in [-0.39, 0.29) is 22.9 Å². The number of furan rings is 1. The Morgan fingerprint density at radius 3 is 2.52 bits per heavy atom. The number of benzene rings is 1. The van der Waals surface area contributed by atoms with Crippen molar-refractivity contribution in [2.24, 2.45) is 0 Å². The molecule has 1 aromatic heterocycles. The summed E-state index contributed by atoms with van der Waals surface area (Å²) in [5.41, 5.74) is 1.06. The zero-order valence-electron chi connectivity index (χ0n) is 14.5. The second-order valence-corrected chi connectivity index (χ2v) is 8.23. The lowest BCUT2D eigenvalue weighted by molar-refractivity contribution is 0.0934. The van der Waals surface area contributed by atoms with E-state index in [0.29, 0.717) is 16.9 Å². The van der Waals surface area contributed by atoms with E-state index < -0.39 is 10.0 Å². The largest absolute Gasteiger partial charge is 0.464 e. The highest BCUT2D eigenvalue weighted by Gasteiger charge is 2.28. The number of amides is 1. The lowest BCUT2D eigenvalue weighted by atomic mass is 10.1. The van der Waals surface area contributed by atoms with Gasteiger partial charge in [0, 0.05) is 11.6 Å². The lowest BCUT2D eigenvalue weighted by Crippen LogP contribution is -2.28. The molecule has 0 spiro atoms. The normalized spacial score (nSPS) is 15.8. The van der Waals surface area contributed by atoms with E-state index in [1.807, 2.05) is 26.0 Å². The van der Waals surface area contributed by atoms with Crippen molar-refractivity contribution in [1.82, 2.24) is 10.0 Å². The maximum absolute atomic E-state index is 12.6. The van der Waals surface area contributed by atoms with Crippen molar-refractivity contribution in [2.75, 3.05) is 0 Å². The average Bonchev–Trinajstić information content (AvgIpc) is 3.23. The van der Waals surface area contributed by atoms with Crippen LogP contribution in [0.25, 0.3) is 0 Å². The van der Waals surface area contributed by atoms with Crippen molar-refractivity contribution in [3.63, 3.8) is 0 Å². The molecule has 2 aromatic rings. The van der Waals surface area contributed by atoms with Gasteiger partial charge in [-0.25, -0.2) is 13.1 Å². The van der Waals surface area contributed by atoms with E-state index >= 15 is 0 Å². The predicted molar refractivity (Wildman–Crippen MR) is 93.8 cm³/mol. The van der Waals surface area contributed by atoms with Gasteiger partial charge in [-0.3, -0.25) is 4.79 Å². The number of carbonyl (C=O) groups excluding carboxylic acids is 1. The molecule has 1 amide bonds. The van der Waals surface area contributed by atoms with Crippen LogP contribution in [0.3, 0.4) is 0 Å². The molecule has 1 unspecified atom stereocenters. The van der Waals surface area contributed by atoms with Crippen LogP contribution in [0.2, 0.25) is 0 Å². The van der Waals surface area contributed by atoms with Gasteiger partial charge in [-0.15, -0.1) is 0 Å². The van der Waals surface area contributed by atoms with Crippen LogP contribution in [0, 0.1) is 13.8 Å². The first-order chi connectivity index (χ1) is 11.8. The summed E-state index contributed by atoms with van der Waals surface area (Å²) in [7, 11) is -3.60. The molecule has 0 aliphatic heterocycles. The van der Waals surface area contributed by atoms with E-state index in [1.165, 1.54) is 12.1 Å².